The third-order valence-corrected chi connectivity index (χ3v) is 5.92. The summed E-state index contributed by atoms with van der Waals surface area (Å²) in [5, 5.41) is 5.61. The Balaban J connectivity index is 1.72. The van der Waals surface area contributed by atoms with Gasteiger partial charge in [0.1, 0.15) is 5.69 Å². The molecule has 0 radical (unpaired) electrons. The number of anilines is 1. The summed E-state index contributed by atoms with van der Waals surface area (Å²) in [6, 6.07) is 21.8. The number of aromatic nitrogens is 1. The summed E-state index contributed by atoms with van der Waals surface area (Å²) >= 11 is 3.15. The Labute approximate surface area is 160 Å². The minimum Gasteiger partial charge on any atom is -0.298 e. The van der Waals surface area contributed by atoms with E-state index in [9.17, 15) is 4.79 Å². The largest absolute Gasteiger partial charge is 0.298 e. The number of nitrogens with zero attached hydrogens (tertiary/aromatic N) is 1. The Kier molecular flexibility index (Phi) is 4.65. The van der Waals surface area contributed by atoms with Crippen LogP contribution in [0.1, 0.15) is 15.9 Å². The number of carbonyl (C=O) groups excluding carboxylic acids is 1. The van der Waals surface area contributed by atoms with E-state index < -0.39 is 0 Å². The van der Waals surface area contributed by atoms with Crippen LogP contribution in [0.15, 0.2) is 72.1 Å². The van der Waals surface area contributed by atoms with Gasteiger partial charge in [-0.15, -0.1) is 11.3 Å². The number of thiophene rings is 1. The predicted molar refractivity (Wildman–Crippen MR) is 110 cm³/mol. The summed E-state index contributed by atoms with van der Waals surface area (Å²) in [5.74, 6) is -0.130. The van der Waals surface area contributed by atoms with Gasteiger partial charge < -0.3 is 0 Å². The number of benzene rings is 2. The van der Waals surface area contributed by atoms with Gasteiger partial charge in [-0.3, -0.25) is 10.1 Å². The van der Waals surface area contributed by atoms with Crippen molar-refractivity contribution in [3.63, 3.8) is 0 Å². The average molecular weight is 377 g/mol. The second-order valence-corrected chi connectivity index (χ2v) is 7.76. The van der Waals surface area contributed by atoms with Crippen LogP contribution >= 0.6 is 22.7 Å². The van der Waals surface area contributed by atoms with E-state index in [1.807, 2.05) is 60.8 Å². The zero-order chi connectivity index (χ0) is 17.9. The Hall–Kier alpha value is -2.76. The Morgan fingerprint density at radius 3 is 2.46 bits per heavy atom. The lowest BCUT2D eigenvalue weighted by Crippen LogP contribution is -2.12. The second kappa shape index (κ2) is 7.23. The fourth-order valence-corrected chi connectivity index (χ4v) is 4.50. The minimum absolute atomic E-state index is 0.130. The fraction of sp³-hybridized carbons (Fsp3) is 0.0476. The summed E-state index contributed by atoms with van der Waals surface area (Å²) in [6.45, 7) is 1.93. The molecule has 26 heavy (non-hydrogen) atoms. The molecule has 0 aliphatic heterocycles. The van der Waals surface area contributed by atoms with Crippen molar-refractivity contribution in [3.05, 3.63) is 83.2 Å². The molecule has 4 rings (SSSR count). The van der Waals surface area contributed by atoms with Gasteiger partial charge in [-0.25, -0.2) is 4.98 Å². The first-order valence-corrected chi connectivity index (χ1v) is 9.89. The van der Waals surface area contributed by atoms with Crippen LogP contribution in [-0.2, 0) is 0 Å². The molecule has 0 spiro atoms. The molecule has 0 saturated heterocycles. The first-order valence-electron chi connectivity index (χ1n) is 8.19. The fourth-order valence-electron chi connectivity index (χ4n) is 2.73. The number of amides is 1. The maximum absolute atomic E-state index is 12.6. The number of rotatable bonds is 4. The van der Waals surface area contributed by atoms with E-state index in [2.05, 4.69) is 23.5 Å². The van der Waals surface area contributed by atoms with Crippen LogP contribution in [0, 0.1) is 6.92 Å². The molecule has 1 amide bonds. The lowest BCUT2D eigenvalue weighted by atomic mass is 10.1. The Morgan fingerprint density at radius 2 is 1.73 bits per heavy atom. The van der Waals surface area contributed by atoms with E-state index in [-0.39, 0.29) is 5.91 Å². The summed E-state index contributed by atoms with van der Waals surface area (Å²) in [4.78, 5) is 19.5. The minimum atomic E-state index is -0.130. The molecule has 0 unspecified atom stereocenters. The topological polar surface area (TPSA) is 42.0 Å². The highest BCUT2D eigenvalue weighted by Gasteiger charge is 2.18. The van der Waals surface area contributed by atoms with Crippen molar-refractivity contribution >= 4 is 33.7 Å². The molecule has 2 aromatic carbocycles. The Bertz CT molecular complexity index is 1040. The molecular formula is C21H16N2OS2. The van der Waals surface area contributed by atoms with E-state index in [0.29, 0.717) is 10.7 Å². The van der Waals surface area contributed by atoms with Gasteiger partial charge in [-0.1, -0.05) is 65.9 Å². The summed E-state index contributed by atoms with van der Waals surface area (Å²) in [7, 11) is 0. The molecule has 0 aliphatic rings. The molecule has 1 N–H and O–H groups in total. The zero-order valence-corrected chi connectivity index (χ0v) is 15.7. The second-order valence-electron chi connectivity index (χ2n) is 5.81. The van der Waals surface area contributed by atoms with Gasteiger partial charge in [0.05, 0.1) is 9.75 Å². The third kappa shape index (κ3) is 3.31. The standard InChI is InChI=1S/C21H16N2OS2/c1-14-8-5-6-11-16(14)20(24)23-21-22-18(17-12-7-13-25-17)19(26-21)15-9-3-2-4-10-15/h2-13H,1H3,(H,22,23,24). The third-order valence-electron chi connectivity index (χ3n) is 4.03. The van der Waals surface area contributed by atoms with Crippen molar-refractivity contribution in [2.75, 3.05) is 5.32 Å². The molecule has 5 heteroatoms. The van der Waals surface area contributed by atoms with Crippen LogP contribution in [0.5, 0.6) is 0 Å². The molecule has 2 heterocycles. The predicted octanol–water partition coefficient (Wildman–Crippen LogP) is 6.10. The van der Waals surface area contributed by atoms with Crippen molar-refractivity contribution in [2.45, 2.75) is 6.92 Å². The van der Waals surface area contributed by atoms with Crippen LogP contribution < -0.4 is 5.32 Å². The number of aryl methyl sites for hydroxylation is 1. The number of hydrogen-bond acceptors (Lipinski definition) is 4. The first-order chi connectivity index (χ1) is 12.7. The molecule has 0 atom stereocenters. The van der Waals surface area contributed by atoms with Crippen molar-refractivity contribution in [2.24, 2.45) is 0 Å². The van der Waals surface area contributed by atoms with Gasteiger partial charge in [-0.05, 0) is 35.6 Å². The van der Waals surface area contributed by atoms with E-state index in [0.717, 1.165) is 26.6 Å². The van der Waals surface area contributed by atoms with Gasteiger partial charge >= 0.3 is 0 Å². The maximum atomic E-state index is 12.6. The van der Waals surface area contributed by atoms with E-state index in [1.54, 1.807) is 11.3 Å². The molecule has 2 aromatic heterocycles. The molecule has 3 nitrogen and oxygen atoms in total. The molecule has 0 bridgehead atoms. The van der Waals surface area contributed by atoms with E-state index in [4.69, 9.17) is 4.98 Å². The molecular weight excluding hydrogens is 360 g/mol. The van der Waals surface area contributed by atoms with Gasteiger partial charge in [-0.2, -0.15) is 0 Å². The van der Waals surface area contributed by atoms with E-state index in [1.165, 1.54) is 11.3 Å². The summed E-state index contributed by atoms with van der Waals surface area (Å²) in [6.07, 6.45) is 0. The van der Waals surface area contributed by atoms with Gasteiger partial charge in [0.15, 0.2) is 5.13 Å². The van der Waals surface area contributed by atoms with Gasteiger partial charge in [0.2, 0.25) is 0 Å². The Morgan fingerprint density at radius 1 is 0.962 bits per heavy atom. The van der Waals surface area contributed by atoms with Gasteiger partial charge in [0, 0.05) is 5.56 Å². The number of nitrogens with one attached hydrogen (secondary N) is 1. The zero-order valence-electron chi connectivity index (χ0n) is 14.1. The van der Waals surface area contributed by atoms with Crippen LogP contribution in [0.3, 0.4) is 0 Å². The molecule has 4 aromatic rings. The monoisotopic (exact) mass is 376 g/mol. The molecule has 0 aliphatic carbocycles. The normalized spacial score (nSPS) is 10.7. The molecule has 128 valence electrons. The molecule has 0 fully saturated rings. The molecule has 0 saturated carbocycles. The number of hydrogen-bond donors (Lipinski definition) is 1. The van der Waals surface area contributed by atoms with Crippen LogP contribution in [0.4, 0.5) is 5.13 Å². The number of thiazole rings is 1. The summed E-state index contributed by atoms with van der Waals surface area (Å²) in [5.41, 5.74) is 3.63. The van der Waals surface area contributed by atoms with Crippen LogP contribution in [0.25, 0.3) is 21.0 Å². The van der Waals surface area contributed by atoms with Crippen molar-refractivity contribution in [1.82, 2.24) is 4.98 Å². The van der Waals surface area contributed by atoms with E-state index >= 15 is 0 Å². The maximum Gasteiger partial charge on any atom is 0.257 e. The van der Waals surface area contributed by atoms with Crippen LogP contribution in [0.2, 0.25) is 0 Å². The van der Waals surface area contributed by atoms with Gasteiger partial charge in [0.25, 0.3) is 5.91 Å². The first kappa shape index (κ1) is 16.7. The average Bonchev–Trinajstić information content (AvgIpc) is 3.32. The van der Waals surface area contributed by atoms with Crippen molar-refractivity contribution in [1.29, 1.82) is 0 Å². The summed E-state index contributed by atoms with van der Waals surface area (Å²) < 4.78 is 0. The number of carbonyl (C=O) groups is 1. The lowest BCUT2D eigenvalue weighted by molar-refractivity contribution is 0.102. The lowest BCUT2D eigenvalue weighted by Gasteiger charge is -2.04. The van der Waals surface area contributed by atoms with Crippen molar-refractivity contribution in [3.8, 4) is 21.0 Å². The highest BCUT2D eigenvalue weighted by Crippen LogP contribution is 2.40. The van der Waals surface area contributed by atoms with Crippen LogP contribution in [-0.4, -0.2) is 10.9 Å². The SMILES string of the molecule is Cc1ccccc1C(=O)Nc1nc(-c2cccs2)c(-c2ccccc2)s1. The highest BCUT2D eigenvalue weighted by atomic mass is 32.1. The smallest absolute Gasteiger partial charge is 0.257 e. The van der Waals surface area contributed by atoms with Crippen molar-refractivity contribution < 1.29 is 4.79 Å². The quantitative estimate of drug-likeness (QED) is 0.467. The highest BCUT2D eigenvalue weighted by molar-refractivity contribution is 7.20.